The minimum absolute atomic E-state index is 0.180. The van der Waals surface area contributed by atoms with E-state index in [-0.39, 0.29) is 5.56 Å². The van der Waals surface area contributed by atoms with Gasteiger partial charge in [-0.3, -0.25) is 4.68 Å². The third-order valence-electron chi connectivity index (χ3n) is 3.12. The maximum atomic E-state index is 10.7. The molecule has 0 amide bonds. The first-order valence-electron chi connectivity index (χ1n) is 5.91. The lowest BCUT2D eigenvalue weighted by molar-refractivity contribution is 0.0696. The standard InChI is InChI=1S/C13H16N4O2/c1-8-11(9(2)17(3)16-8)7-15-12-5-4-10(6-14-12)13(18)19/h4-6H,7H2,1-3H3,(H,14,15)(H,18,19). The number of aryl methyl sites for hydroxylation is 2. The molecule has 2 rings (SSSR count). The first-order valence-corrected chi connectivity index (χ1v) is 5.91. The summed E-state index contributed by atoms with van der Waals surface area (Å²) in [5, 5.41) is 16.3. The molecule has 6 nitrogen and oxygen atoms in total. The SMILES string of the molecule is Cc1nn(C)c(C)c1CNc1ccc(C(=O)O)cn1. The van der Waals surface area contributed by atoms with E-state index >= 15 is 0 Å². The van der Waals surface area contributed by atoms with Crippen LogP contribution in [0.4, 0.5) is 5.82 Å². The number of hydrogen-bond acceptors (Lipinski definition) is 4. The number of anilines is 1. The number of carboxylic acids is 1. The Morgan fingerprint density at radius 1 is 1.42 bits per heavy atom. The molecule has 0 radical (unpaired) electrons. The lowest BCUT2D eigenvalue weighted by atomic mass is 10.2. The van der Waals surface area contributed by atoms with Gasteiger partial charge in [-0.05, 0) is 26.0 Å². The summed E-state index contributed by atoms with van der Waals surface area (Å²) in [6.45, 7) is 4.59. The molecule has 0 aromatic carbocycles. The van der Waals surface area contributed by atoms with Crippen LogP contribution in [0.3, 0.4) is 0 Å². The zero-order valence-electron chi connectivity index (χ0n) is 11.1. The zero-order valence-corrected chi connectivity index (χ0v) is 11.1. The predicted octanol–water partition coefficient (Wildman–Crippen LogP) is 1.74. The highest BCUT2D eigenvalue weighted by atomic mass is 16.4. The van der Waals surface area contributed by atoms with Gasteiger partial charge in [-0.1, -0.05) is 0 Å². The van der Waals surface area contributed by atoms with E-state index in [9.17, 15) is 4.79 Å². The van der Waals surface area contributed by atoms with Gasteiger partial charge in [0.25, 0.3) is 0 Å². The van der Waals surface area contributed by atoms with Crippen LogP contribution in [-0.2, 0) is 13.6 Å². The maximum Gasteiger partial charge on any atom is 0.337 e. The highest BCUT2D eigenvalue weighted by molar-refractivity contribution is 5.87. The Labute approximate surface area is 111 Å². The Kier molecular flexibility index (Phi) is 3.50. The molecule has 100 valence electrons. The number of hydrogen-bond donors (Lipinski definition) is 2. The van der Waals surface area contributed by atoms with Crippen molar-refractivity contribution in [2.45, 2.75) is 20.4 Å². The number of pyridine rings is 1. The van der Waals surface area contributed by atoms with Crippen molar-refractivity contribution < 1.29 is 9.90 Å². The van der Waals surface area contributed by atoms with E-state index in [2.05, 4.69) is 15.4 Å². The summed E-state index contributed by atoms with van der Waals surface area (Å²) < 4.78 is 1.84. The molecule has 6 heteroatoms. The van der Waals surface area contributed by atoms with Gasteiger partial charge in [0, 0.05) is 31.0 Å². The molecule has 0 spiro atoms. The van der Waals surface area contributed by atoms with Gasteiger partial charge in [0.1, 0.15) is 5.82 Å². The number of carboxylic acid groups (broad SMARTS) is 1. The van der Waals surface area contributed by atoms with Crippen molar-refractivity contribution in [2.24, 2.45) is 7.05 Å². The zero-order chi connectivity index (χ0) is 14.0. The van der Waals surface area contributed by atoms with Crippen molar-refractivity contribution >= 4 is 11.8 Å². The topological polar surface area (TPSA) is 80.0 Å². The maximum absolute atomic E-state index is 10.7. The predicted molar refractivity (Wildman–Crippen MR) is 71.2 cm³/mol. The number of aromatic nitrogens is 3. The van der Waals surface area contributed by atoms with Gasteiger partial charge in [-0.2, -0.15) is 5.10 Å². The lowest BCUT2D eigenvalue weighted by Crippen LogP contribution is -2.05. The summed E-state index contributed by atoms with van der Waals surface area (Å²) in [6.07, 6.45) is 1.34. The molecule has 0 saturated carbocycles. The van der Waals surface area contributed by atoms with Crippen molar-refractivity contribution in [3.8, 4) is 0 Å². The van der Waals surface area contributed by atoms with Crippen LogP contribution in [-0.4, -0.2) is 25.8 Å². The van der Waals surface area contributed by atoms with Gasteiger partial charge >= 0.3 is 5.97 Å². The highest BCUT2D eigenvalue weighted by Crippen LogP contribution is 2.14. The van der Waals surface area contributed by atoms with Crippen LogP contribution in [0.1, 0.15) is 27.3 Å². The van der Waals surface area contributed by atoms with Crippen LogP contribution < -0.4 is 5.32 Å². The van der Waals surface area contributed by atoms with Gasteiger partial charge in [0.05, 0.1) is 11.3 Å². The molecule has 0 aliphatic carbocycles. The molecule has 0 saturated heterocycles. The molecular weight excluding hydrogens is 244 g/mol. The number of rotatable bonds is 4. The fourth-order valence-corrected chi connectivity index (χ4v) is 1.88. The quantitative estimate of drug-likeness (QED) is 0.875. The van der Waals surface area contributed by atoms with Gasteiger partial charge < -0.3 is 10.4 Å². The average molecular weight is 260 g/mol. The van der Waals surface area contributed by atoms with Crippen LogP contribution in [0.15, 0.2) is 18.3 Å². The van der Waals surface area contributed by atoms with E-state index < -0.39 is 5.97 Å². The molecule has 0 aliphatic heterocycles. The van der Waals surface area contributed by atoms with E-state index in [1.165, 1.54) is 12.3 Å². The molecule has 2 aromatic heterocycles. The molecular formula is C13H16N4O2. The van der Waals surface area contributed by atoms with E-state index in [0.29, 0.717) is 12.4 Å². The van der Waals surface area contributed by atoms with Crippen molar-refractivity contribution in [1.29, 1.82) is 0 Å². The Bertz CT molecular complexity index is 602. The largest absolute Gasteiger partial charge is 0.478 e. The highest BCUT2D eigenvalue weighted by Gasteiger charge is 2.09. The van der Waals surface area contributed by atoms with Gasteiger partial charge in [-0.15, -0.1) is 0 Å². The molecule has 19 heavy (non-hydrogen) atoms. The van der Waals surface area contributed by atoms with Crippen molar-refractivity contribution in [1.82, 2.24) is 14.8 Å². The van der Waals surface area contributed by atoms with E-state index in [4.69, 9.17) is 5.11 Å². The molecule has 2 aromatic rings. The van der Waals surface area contributed by atoms with Crippen LogP contribution in [0.2, 0.25) is 0 Å². The van der Waals surface area contributed by atoms with Gasteiger partial charge in [0.15, 0.2) is 0 Å². The molecule has 2 N–H and O–H groups in total. The normalized spacial score (nSPS) is 10.5. The first kappa shape index (κ1) is 13.1. The minimum Gasteiger partial charge on any atom is -0.478 e. The second-order valence-corrected chi connectivity index (χ2v) is 4.36. The summed E-state index contributed by atoms with van der Waals surface area (Å²) in [5.41, 5.74) is 3.40. The van der Waals surface area contributed by atoms with Crippen LogP contribution in [0.5, 0.6) is 0 Å². The van der Waals surface area contributed by atoms with E-state index in [1.807, 2.05) is 25.6 Å². The molecule has 2 heterocycles. The summed E-state index contributed by atoms with van der Waals surface area (Å²) in [5.74, 6) is -0.328. The fourth-order valence-electron chi connectivity index (χ4n) is 1.88. The summed E-state index contributed by atoms with van der Waals surface area (Å²) in [4.78, 5) is 14.8. The number of aromatic carboxylic acids is 1. The molecule has 0 aliphatic rings. The smallest absolute Gasteiger partial charge is 0.337 e. The lowest BCUT2D eigenvalue weighted by Gasteiger charge is -2.06. The second-order valence-electron chi connectivity index (χ2n) is 4.36. The van der Waals surface area contributed by atoms with Crippen molar-refractivity contribution in [3.05, 3.63) is 40.8 Å². The summed E-state index contributed by atoms with van der Waals surface area (Å²) in [7, 11) is 1.91. The molecule has 0 fully saturated rings. The Balaban J connectivity index is 2.08. The van der Waals surface area contributed by atoms with E-state index in [0.717, 1.165) is 17.0 Å². The fraction of sp³-hybridized carbons (Fsp3) is 0.308. The average Bonchev–Trinajstić information content (AvgIpc) is 2.62. The Morgan fingerprint density at radius 3 is 2.63 bits per heavy atom. The Hall–Kier alpha value is -2.37. The van der Waals surface area contributed by atoms with Crippen LogP contribution in [0, 0.1) is 13.8 Å². The van der Waals surface area contributed by atoms with Gasteiger partial charge in [-0.25, -0.2) is 9.78 Å². The molecule has 0 atom stereocenters. The van der Waals surface area contributed by atoms with Crippen LogP contribution >= 0.6 is 0 Å². The second kappa shape index (κ2) is 5.09. The number of carbonyl (C=O) groups is 1. The third-order valence-corrected chi connectivity index (χ3v) is 3.12. The van der Waals surface area contributed by atoms with Crippen LogP contribution in [0.25, 0.3) is 0 Å². The summed E-state index contributed by atoms with van der Waals surface area (Å²) in [6, 6.07) is 3.19. The minimum atomic E-state index is -0.974. The first-order chi connectivity index (χ1) is 8.99. The summed E-state index contributed by atoms with van der Waals surface area (Å²) >= 11 is 0. The molecule has 0 unspecified atom stereocenters. The van der Waals surface area contributed by atoms with Gasteiger partial charge in [0.2, 0.25) is 0 Å². The molecule has 0 bridgehead atoms. The Morgan fingerprint density at radius 2 is 2.16 bits per heavy atom. The number of nitrogens with zero attached hydrogens (tertiary/aromatic N) is 3. The third kappa shape index (κ3) is 2.73. The van der Waals surface area contributed by atoms with E-state index in [1.54, 1.807) is 6.07 Å². The number of nitrogens with one attached hydrogen (secondary N) is 1. The monoisotopic (exact) mass is 260 g/mol. The van der Waals surface area contributed by atoms with Crippen molar-refractivity contribution in [2.75, 3.05) is 5.32 Å². The van der Waals surface area contributed by atoms with Crippen molar-refractivity contribution in [3.63, 3.8) is 0 Å².